The smallest absolute Gasteiger partial charge is 0.358 e. The van der Waals surface area contributed by atoms with Gasteiger partial charge in [-0.1, -0.05) is 18.2 Å². The Balaban J connectivity index is 2.29. The highest BCUT2D eigenvalue weighted by Crippen LogP contribution is 2.23. The van der Waals surface area contributed by atoms with Gasteiger partial charge >= 0.3 is 5.97 Å². The summed E-state index contributed by atoms with van der Waals surface area (Å²) < 4.78 is 1.48. The van der Waals surface area contributed by atoms with Crippen LogP contribution in [0.2, 0.25) is 0 Å². The first-order chi connectivity index (χ1) is 9.56. The molecule has 1 aromatic carbocycles. The largest absolute Gasteiger partial charge is 0.476 e. The molecule has 2 heterocycles. The van der Waals surface area contributed by atoms with Gasteiger partial charge in [0.15, 0.2) is 5.69 Å². The van der Waals surface area contributed by atoms with Crippen LogP contribution in [0.4, 0.5) is 5.69 Å². The van der Waals surface area contributed by atoms with Gasteiger partial charge in [-0.3, -0.25) is 4.98 Å². The molecular formula is C14H12N4O2. The van der Waals surface area contributed by atoms with Gasteiger partial charge < -0.3 is 10.8 Å². The lowest BCUT2D eigenvalue weighted by Gasteiger charge is -2.07. The topological polar surface area (TPSA) is 94.0 Å². The van der Waals surface area contributed by atoms with E-state index in [2.05, 4.69) is 10.1 Å². The number of aromatic carboxylic acids is 1. The number of anilines is 1. The van der Waals surface area contributed by atoms with Gasteiger partial charge in [-0.15, -0.1) is 0 Å². The fourth-order valence-corrected chi connectivity index (χ4v) is 2.15. The summed E-state index contributed by atoms with van der Waals surface area (Å²) in [5.41, 5.74) is 8.08. The van der Waals surface area contributed by atoms with Crippen molar-refractivity contribution < 1.29 is 9.90 Å². The number of carboxylic acids is 1. The summed E-state index contributed by atoms with van der Waals surface area (Å²) in [6, 6.07) is 9.46. The third kappa shape index (κ3) is 1.87. The molecule has 0 fully saturated rings. The van der Waals surface area contributed by atoms with E-state index in [0.717, 1.165) is 22.3 Å². The molecule has 0 spiro atoms. The van der Waals surface area contributed by atoms with E-state index >= 15 is 0 Å². The molecule has 0 radical (unpaired) electrons. The lowest BCUT2D eigenvalue weighted by Crippen LogP contribution is -2.03. The molecule has 0 bridgehead atoms. The molecule has 100 valence electrons. The molecule has 0 amide bonds. The molecule has 20 heavy (non-hydrogen) atoms. The van der Waals surface area contributed by atoms with Gasteiger partial charge in [0, 0.05) is 11.1 Å². The highest BCUT2D eigenvalue weighted by molar-refractivity contribution is 5.92. The summed E-state index contributed by atoms with van der Waals surface area (Å²) in [6.45, 7) is 1.88. The van der Waals surface area contributed by atoms with Gasteiger partial charge in [0.05, 0.1) is 23.1 Å². The summed E-state index contributed by atoms with van der Waals surface area (Å²) in [5, 5.41) is 13.9. The monoisotopic (exact) mass is 268 g/mol. The van der Waals surface area contributed by atoms with Gasteiger partial charge in [0.2, 0.25) is 0 Å². The number of hydrogen-bond acceptors (Lipinski definition) is 4. The first-order valence-electron chi connectivity index (χ1n) is 6.01. The number of fused-ring (bicyclic) bond motifs is 1. The highest BCUT2D eigenvalue weighted by atomic mass is 16.4. The summed E-state index contributed by atoms with van der Waals surface area (Å²) >= 11 is 0. The number of rotatable bonds is 2. The number of carbonyl (C=O) groups is 1. The minimum atomic E-state index is -1.14. The van der Waals surface area contributed by atoms with Crippen molar-refractivity contribution in [1.82, 2.24) is 14.8 Å². The van der Waals surface area contributed by atoms with Crippen LogP contribution in [0.3, 0.4) is 0 Å². The first kappa shape index (κ1) is 12.2. The molecular weight excluding hydrogens is 256 g/mol. The normalized spacial score (nSPS) is 10.8. The fourth-order valence-electron chi connectivity index (χ4n) is 2.15. The van der Waals surface area contributed by atoms with Crippen LogP contribution in [0.5, 0.6) is 0 Å². The molecule has 0 saturated carbocycles. The van der Waals surface area contributed by atoms with Crippen LogP contribution < -0.4 is 5.73 Å². The number of para-hydroxylation sites is 1. The standard InChI is InChI=1S/C14H12N4O2/c1-8-6-12(9-4-2-3-5-11(9)16-8)18-7-10(15)13(17-18)14(19)20/h2-7H,15H2,1H3,(H,19,20). The van der Waals surface area contributed by atoms with Gasteiger partial charge in [-0.25, -0.2) is 9.48 Å². The third-order valence-corrected chi connectivity index (χ3v) is 3.01. The average molecular weight is 268 g/mol. The number of aryl methyl sites for hydroxylation is 1. The number of carboxylic acid groups (broad SMARTS) is 1. The van der Waals surface area contributed by atoms with Gasteiger partial charge in [0.1, 0.15) is 0 Å². The van der Waals surface area contributed by atoms with Crippen molar-refractivity contribution in [3.05, 3.63) is 47.9 Å². The maximum Gasteiger partial charge on any atom is 0.358 e. The van der Waals surface area contributed by atoms with Crippen LogP contribution in [0.25, 0.3) is 16.6 Å². The maximum atomic E-state index is 11.0. The molecule has 0 aliphatic heterocycles. The van der Waals surface area contributed by atoms with E-state index in [1.807, 2.05) is 37.3 Å². The van der Waals surface area contributed by atoms with Crippen molar-refractivity contribution in [3.8, 4) is 5.69 Å². The van der Waals surface area contributed by atoms with E-state index in [9.17, 15) is 4.79 Å². The number of nitrogens with two attached hydrogens (primary N) is 1. The Labute approximate surface area is 114 Å². The Kier molecular flexibility index (Phi) is 2.64. The Morgan fingerprint density at radius 3 is 2.80 bits per heavy atom. The van der Waals surface area contributed by atoms with E-state index in [4.69, 9.17) is 10.8 Å². The number of hydrogen-bond donors (Lipinski definition) is 2. The quantitative estimate of drug-likeness (QED) is 0.741. The highest BCUT2D eigenvalue weighted by Gasteiger charge is 2.15. The van der Waals surface area contributed by atoms with Crippen molar-refractivity contribution in [2.45, 2.75) is 6.92 Å². The lowest BCUT2D eigenvalue weighted by molar-refractivity contribution is 0.0691. The molecule has 3 N–H and O–H groups in total. The molecule has 6 nitrogen and oxygen atoms in total. The van der Waals surface area contributed by atoms with Crippen molar-refractivity contribution in [1.29, 1.82) is 0 Å². The van der Waals surface area contributed by atoms with E-state index in [1.165, 1.54) is 10.9 Å². The van der Waals surface area contributed by atoms with Crippen LogP contribution in [0.1, 0.15) is 16.2 Å². The van der Waals surface area contributed by atoms with Gasteiger partial charge in [-0.2, -0.15) is 5.10 Å². The second kappa shape index (κ2) is 4.34. The van der Waals surface area contributed by atoms with Crippen molar-refractivity contribution >= 4 is 22.6 Å². The predicted octanol–water partition coefficient (Wildman–Crippen LogP) is 2.01. The van der Waals surface area contributed by atoms with Gasteiger partial charge in [0.25, 0.3) is 0 Å². The van der Waals surface area contributed by atoms with Crippen LogP contribution in [0, 0.1) is 6.92 Å². The average Bonchev–Trinajstić information content (AvgIpc) is 2.80. The molecule has 0 unspecified atom stereocenters. The second-order valence-electron chi connectivity index (χ2n) is 4.48. The molecule has 6 heteroatoms. The molecule has 0 saturated heterocycles. The lowest BCUT2D eigenvalue weighted by atomic mass is 10.1. The van der Waals surface area contributed by atoms with E-state index in [0.29, 0.717) is 0 Å². The summed E-state index contributed by atoms with van der Waals surface area (Å²) in [5.74, 6) is -1.14. The van der Waals surface area contributed by atoms with Crippen molar-refractivity contribution in [3.63, 3.8) is 0 Å². The number of aromatic nitrogens is 3. The zero-order valence-corrected chi connectivity index (χ0v) is 10.7. The number of pyridine rings is 1. The van der Waals surface area contributed by atoms with Crippen molar-refractivity contribution in [2.24, 2.45) is 0 Å². The SMILES string of the molecule is Cc1cc(-n2cc(N)c(C(=O)O)n2)c2ccccc2n1. The Hall–Kier alpha value is -2.89. The molecule has 0 aliphatic rings. The third-order valence-electron chi connectivity index (χ3n) is 3.01. The van der Waals surface area contributed by atoms with Crippen LogP contribution in [-0.4, -0.2) is 25.8 Å². The second-order valence-corrected chi connectivity index (χ2v) is 4.48. The number of benzene rings is 1. The maximum absolute atomic E-state index is 11.0. The van der Waals surface area contributed by atoms with E-state index in [1.54, 1.807) is 0 Å². The molecule has 0 atom stereocenters. The van der Waals surface area contributed by atoms with Crippen molar-refractivity contribution in [2.75, 3.05) is 5.73 Å². The Morgan fingerprint density at radius 1 is 1.35 bits per heavy atom. The van der Waals surface area contributed by atoms with Crippen LogP contribution in [-0.2, 0) is 0 Å². The summed E-state index contributed by atoms with van der Waals surface area (Å²) in [7, 11) is 0. The minimum absolute atomic E-state index is 0.135. The zero-order valence-electron chi connectivity index (χ0n) is 10.7. The minimum Gasteiger partial charge on any atom is -0.476 e. The zero-order chi connectivity index (χ0) is 14.3. The van der Waals surface area contributed by atoms with E-state index in [-0.39, 0.29) is 11.4 Å². The summed E-state index contributed by atoms with van der Waals surface area (Å²) in [6.07, 6.45) is 1.50. The molecule has 3 aromatic rings. The van der Waals surface area contributed by atoms with Gasteiger partial charge in [-0.05, 0) is 19.1 Å². The number of nitrogen functional groups attached to an aromatic ring is 1. The Bertz CT molecular complexity index is 823. The van der Waals surface area contributed by atoms with Crippen LogP contribution >= 0.6 is 0 Å². The van der Waals surface area contributed by atoms with Crippen LogP contribution in [0.15, 0.2) is 36.5 Å². The Morgan fingerprint density at radius 2 is 2.10 bits per heavy atom. The molecule has 3 rings (SSSR count). The summed E-state index contributed by atoms with van der Waals surface area (Å²) in [4.78, 5) is 15.5. The first-order valence-corrected chi connectivity index (χ1v) is 6.01. The predicted molar refractivity (Wildman–Crippen MR) is 75.0 cm³/mol. The molecule has 0 aliphatic carbocycles. The number of nitrogens with zero attached hydrogens (tertiary/aromatic N) is 3. The fraction of sp³-hybridized carbons (Fsp3) is 0.0714. The van der Waals surface area contributed by atoms with E-state index < -0.39 is 5.97 Å². The molecule has 2 aromatic heterocycles.